The van der Waals surface area contributed by atoms with Gasteiger partial charge in [-0.25, -0.2) is 22.9 Å². The first-order valence-corrected chi connectivity index (χ1v) is 14.0. The molecule has 2 amide bonds. The molecule has 1 fully saturated rings. The molecule has 2 heterocycles. The van der Waals surface area contributed by atoms with Gasteiger partial charge in [0, 0.05) is 41.2 Å². The van der Waals surface area contributed by atoms with Gasteiger partial charge in [-0.3, -0.25) is 9.69 Å². The molecule has 37 heavy (non-hydrogen) atoms. The number of anilines is 2. The highest BCUT2D eigenvalue weighted by atomic mass is 32.2. The number of carbonyl (C=O) groups excluding carboxylic acids is 2. The number of thiazole rings is 1. The third kappa shape index (κ3) is 6.17. The number of carbonyl (C=O) groups is 2. The van der Waals surface area contributed by atoms with Crippen molar-refractivity contribution in [3.05, 3.63) is 48.7 Å². The van der Waals surface area contributed by atoms with Crippen LogP contribution in [0.4, 0.5) is 16.2 Å². The van der Waals surface area contributed by atoms with E-state index in [2.05, 4.69) is 15.0 Å². The number of ether oxygens (including phenoxy) is 1. The Morgan fingerprint density at radius 1 is 1.14 bits per heavy atom. The third-order valence-electron chi connectivity index (χ3n) is 5.35. The van der Waals surface area contributed by atoms with Crippen LogP contribution in [0.5, 0.6) is 0 Å². The van der Waals surface area contributed by atoms with Crippen molar-refractivity contribution in [3.63, 3.8) is 0 Å². The lowest BCUT2D eigenvalue weighted by Gasteiger charge is -2.22. The summed E-state index contributed by atoms with van der Waals surface area (Å²) in [5.41, 5.74) is 1.18. The average molecular weight is 543 g/mol. The van der Waals surface area contributed by atoms with Gasteiger partial charge in [0.1, 0.15) is 10.6 Å². The van der Waals surface area contributed by atoms with Gasteiger partial charge in [-0.1, -0.05) is 6.07 Å². The van der Waals surface area contributed by atoms with Crippen LogP contribution >= 0.6 is 11.3 Å². The minimum absolute atomic E-state index is 0.0504. The zero-order valence-electron chi connectivity index (χ0n) is 21.6. The topological polar surface area (TPSA) is 118 Å². The lowest BCUT2D eigenvalue weighted by atomic mass is 10.1. The van der Waals surface area contributed by atoms with Crippen molar-refractivity contribution in [2.24, 2.45) is 0 Å². The number of rotatable bonds is 6. The number of hydrogen-bond acceptors (Lipinski definition) is 7. The van der Waals surface area contributed by atoms with Gasteiger partial charge in [-0.15, -0.1) is 11.3 Å². The summed E-state index contributed by atoms with van der Waals surface area (Å²) in [6.07, 6.45) is 1.26. The van der Waals surface area contributed by atoms with E-state index in [0.29, 0.717) is 27.7 Å². The van der Waals surface area contributed by atoms with E-state index in [1.165, 1.54) is 24.3 Å². The van der Waals surface area contributed by atoms with Gasteiger partial charge in [0.2, 0.25) is 15.9 Å². The molecule has 1 aliphatic rings. The Balaban J connectivity index is 1.67. The minimum atomic E-state index is -3.91. The average Bonchev–Trinajstić information content (AvgIpc) is 3.35. The molecule has 1 aromatic heterocycles. The van der Waals surface area contributed by atoms with E-state index < -0.39 is 21.2 Å². The fourth-order valence-corrected chi connectivity index (χ4v) is 6.66. The van der Waals surface area contributed by atoms with Crippen LogP contribution in [0.15, 0.2) is 53.6 Å². The Morgan fingerprint density at radius 2 is 1.81 bits per heavy atom. The molecular weight excluding hydrogens is 512 g/mol. The van der Waals surface area contributed by atoms with E-state index in [9.17, 15) is 18.0 Å². The summed E-state index contributed by atoms with van der Waals surface area (Å²) in [5, 5.41) is 3.34. The fraction of sp³-hybridized carbons (Fsp3) is 0.346. The highest BCUT2D eigenvalue weighted by Crippen LogP contribution is 2.38. The Hall–Kier alpha value is -3.28. The summed E-state index contributed by atoms with van der Waals surface area (Å²) in [5.74, 6) is -0.297. The van der Waals surface area contributed by atoms with Gasteiger partial charge in [0.25, 0.3) is 0 Å². The number of aromatic nitrogens is 1. The number of sulfonamides is 1. The first-order valence-electron chi connectivity index (χ1n) is 11.7. The van der Waals surface area contributed by atoms with Crippen molar-refractivity contribution >= 4 is 44.7 Å². The van der Waals surface area contributed by atoms with Crippen LogP contribution in [-0.4, -0.2) is 43.1 Å². The van der Waals surface area contributed by atoms with Crippen LogP contribution in [0.3, 0.4) is 0 Å². The molecule has 0 bridgehead atoms. The van der Waals surface area contributed by atoms with Crippen LogP contribution in [0.25, 0.3) is 21.0 Å². The van der Waals surface area contributed by atoms with Crippen molar-refractivity contribution in [2.75, 3.05) is 16.8 Å². The lowest BCUT2D eigenvalue weighted by molar-refractivity contribution is -0.114. The molecule has 0 unspecified atom stereocenters. The molecular formula is C26H30N4O5S2. The van der Waals surface area contributed by atoms with E-state index in [-0.39, 0.29) is 16.9 Å². The van der Waals surface area contributed by atoms with Gasteiger partial charge < -0.3 is 10.1 Å². The van der Waals surface area contributed by atoms with Crippen LogP contribution in [0.2, 0.25) is 0 Å². The summed E-state index contributed by atoms with van der Waals surface area (Å²) in [4.78, 5) is 30.6. The number of nitrogens with zero attached hydrogens (tertiary/aromatic N) is 2. The smallest absolute Gasteiger partial charge is 0.415 e. The summed E-state index contributed by atoms with van der Waals surface area (Å²) < 4.78 is 34.7. The summed E-state index contributed by atoms with van der Waals surface area (Å²) >= 11 is 1.35. The number of nitrogens with one attached hydrogen (secondary N) is 2. The monoisotopic (exact) mass is 542 g/mol. The molecule has 0 atom stereocenters. The third-order valence-corrected chi connectivity index (χ3v) is 8.23. The normalized spacial score (nSPS) is 15.5. The number of cyclic esters (lactones) is 1. The Labute approximate surface area is 220 Å². The second kappa shape index (κ2) is 9.55. The van der Waals surface area contributed by atoms with Gasteiger partial charge in [-0.05, 0) is 71.0 Å². The van der Waals surface area contributed by atoms with E-state index in [1.54, 1.807) is 44.0 Å². The molecule has 1 saturated heterocycles. The van der Waals surface area contributed by atoms with Gasteiger partial charge in [-0.2, -0.15) is 0 Å². The van der Waals surface area contributed by atoms with Crippen LogP contribution in [-0.2, 0) is 19.6 Å². The first kappa shape index (κ1) is 26.8. The van der Waals surface area contributed by atoms with Crippen molar-refractivity contribution in [2.45, 2.75) is 57.6 Å². The highest BCUT2D eigenvalue weighted by Gasteiger charge is 2.38. The SMILES string of the molecule is CC(=O)Nc1ccc(-c2cnc(-c3ccc(N4CC(C)(C)OC4=O)cc3)s2)c(S(=O)(=O)NC(C)(C)C)c1. The largest absolute Gasteiger partial charge is 0.441 e. The van der Waals surface area contributed by atoms with Crippen LogP contribution in [0, 0.1) is 0 Å². The van der Waals surface area contributed by atoms with Gasteiger partial charge in [0.15, 0.2) is 0 Å². The molecule has 0 spiro atoms. The van der Waals surface area contributed by atoms with E-state index in [1.807, 2.05) is 38.1 Å². The highest BCUT2D eigenvalue weighted by molar-refractivity contribution is 7.89. The second-order valence-electron chi connectivity index (χ2n) is 10.5. The zero-order valence-corrected chi connectivity index (χ0v) is 23.2. The predicted octanol–water partition coefficient (Wildman–Crippen LogP) is 5.25. The first-order chi connectivity index (χ1) is 17.1. The molecule has 11 heteroatoms. The van der Waals surface area contributed by atoms with Gasteiger partial charge in [0.05, 0.1) is 16.3 Å². The van der Waals surface area contributed by atoms with Crippen molar-refractivity contribution in [1.82, 2.24) is 9.71 Å². The van der Waals surface area contributed by atoms with Crippen LogP contribution < -0.4 is 14.9 Å². The Bertz CT molecular complexity index is 1450. The molecule has 3 aromatic rings. The van der Waals surface area contributed by atoms with E-state index >= 15 is 0 Å². The van der Waals surface area contributed by atoms with Crippen LogP contribution in [0.1, 0.15) is 41.5 Å². The van der Waals surface area contributed by atoms with Crippen molar-refractivity contribution < 1.29 is 22.7 Å². The molecule has 0 radical (unpaired) electrons. The molecule has 0 saturated carbocycles. The summed E-state index contributed by atoms with van der Waals surface area (Å²) in [6.45, 7) is 10.8. The number of benzene rings is 2. The molecule has 2 N–H and O–H groups in total. The molecule has 196 valence electrons. The standard InChI is InChI=1S/C26H30N4O5S2/c1-16(31)28-18-9-12-20(22(13-18)37(33,34)29-25(2,3)4)21-14-27-23(36-21)17-7-10-19(11-8-17)30-15-26(5,6)35-24(30)32/h7-14,29H,15H2,1-6H3,(H,28,31). The fourth-order valence-electron chi connectivity index (χ4n) is 3.97. The summed E-state index contributed by atoms with van der Waals surface area (Å²) in [7, 11) is -3.91. The Morgan fingerprint density at radius 3 is 2.38 bits per heavy atom. The van der Waals surface area contributed by atoms with Crippen molar-refractivity contribution in [1.29, 1.82) is 0 Å². The lowest BCUT2D eigenvalue weighted by Crippen LogP contribution is -2.40. The van der Waals surface area contributed by atoms with E-state index in [4.69, 9.17) is 4.74 Å². The van der Waals surface area contributed by atoms with Gasteiger partial charge >= 0.3 is 6.09 Å². The molecule has 9 nitrogen and oxygen atoms in total. The maximum absolute atomic E-state index is 13.3. The number of amides is 2. The Kier molecular flexibility index (Phi) is 6.91. The second-order valence-corrected chi connectivity index (χ2v) is 13.2. The minimum Gasteiger partial charge on any atom is -0.441 e. The summed E-state index contributed by atoms with van der Waals surface area (Å²) in [6, 6.07) is 12.2. The molecule has 4 rings (SSSR count). The number of hydrogen-bond donors (Lipinski definition) is 2. The molecule has 0 aliphatic carbocycles. The predicted molar refractivity (Wildman–Crippen MR) is 145 cm³/mol. The maximum atomic E-state index is 13.3. The zero-order chi connectivity index (χ0) is 27.2. The molecule has 1 aliphatic heterocycles. The van der Waals surface area contributed by atoms with Crippen molar-refractivity contribution in [3.8, 4) is 21.0 Å². The van der Waals surface area contributed by atoms with E-state index in [0.717, 1.165) is 11.3 Å². The molecule has 2 aromatic carbocycles. The quantitative estimate of drug-likeness (QED) is 0.439. The maximum Gasteiger partial charge on any atom is 0.415 e.